The summed E-state index contributed by atoms with van der Waals surface area (Å²) < 4.78 is 0. The lowest BCUT2D eigenvalue weighted by atomic mass is 9.83. The number of H-pyrrole nitrogens is 1. The molecule has 4 nitrogen and oxygen atoms in total. The second-order valence-electron chi connectivity index (χ2n) is 6.00. The summed E-state index contributed by atoms with van der Waals surface area (Å²) in [6, 6.07) is 3.37. The average Bonchev–Trinajstić information content (AvgIpc) is 2.80. The first kappa shape index (κ1) is 18.5. The molecule has 130 valence electrons. The normalized spacial score (nSPS) is 19.0. The predicted octanol–water partition coefficient (Wildman–Crippen LogP) is 4.75. The number of aromatic amines is 1. The Morgan fingerprint density at radius 2 is 2.00 bits per heavy atom. The summed E-state index contributed by atoms with van der Waals surface area (Å²) in [7, 11) is 0. The van der Waals surface area contributed by atoms with E-state index < -0.39 is 0 Å². The maximum absolute atomic E-state index is 12.0. The molecule has 0 aliphatic heterocycles. The first-order valence-electron chi connectivity index (χ1n) is 8.36. The minimum Gasteiger partial charge on any atom is -0.506 e. The number of rotatable bonds is 2. The van der Waals surface area contributed by atoms with Crippen LogP contribution in [0.15, 0.2) is 65.8 Å². The minimum atomic E-state index is -0.271. The van der Waals surface area contributed by atoms with Crippen molar-refractivity contribution in [3.8, 4) is 5.75 Å². The first-order valence-corrected chi connectivity index (χ1v) is 8.36. The fraction of sp³-hybridized carbons (Fsp3) is 0.238. The molecule has 0 bridgehead atoms. The highest BCUT2D eigenvalue weighted by atomic mass is 16.3. The standard InChI is InChI=1S/C19H18N2O2.C2H6/c1-12(2)19(3)7-4-5-13(6-8-19)14-9-15-17(16(22)10-14)20-11-21-18(15)23;1-2/h4-11,22H,1H2,2-3H3,(H,20,21,23);1-2H3. The maximum Gasteiger partial charge on any atom is 0.258 e. The monoisotopic (exact) mass is 336 g/mol. The molecule has 25 heavy (non-hydrogen) atoms. The topological polar surface area (TPSA) is 66.0 Å². The molecule has 1 aromatic heterocycles. The zero-order valence-electron chi connectivity index (χ0n) is 15.1. The zero-order valence-corrected chi connectivity index (χ0v) is 15.1. The maximum atomic E-state index is 12.0. The van der Waals surface area contributed by atoms with Gasteiger partial charge in [-0.15, -0.1) is 0 Å². The molecule has 1 aliphatic rings. The number of hydrogen-bond acceptors (Lipinski definition) is 3. The molecule has 0 saturated heterocycles. The van der Waals surface area contributed by atoms with E-state index in [0.717, 1.165) is 16.7 Å². The van der Waals surface area contributed by atoms with Crippen LogP contribution in [0.4, 0.5) is 0 Å². The van der Waals surface area contributed by atoms with Crippen molar-refractivity contribution < 1.29 is 5.11 Å². The molecule has 1 aromatic carbocycles. The van der Waals surface area contributed by atoms with Crippen LogP contribution in [0.3, 0.4) is 0 Å². The molecule has 2 N–H and O–H groups in total. The molecule has 0 saturated carbocycles. The van der Waals surface area contributed by atoms with Gasteiger partial charge in [0.2, 0.25) is 0 Å². The van der Waals surface area contributed by atoms with Crippen LogP contribution in [-0.2, 0) is 0 Å². The lowest BCUT2D eigenvalue weighted by Gasteiger charge is -2.21. The van der Waals surface area contributed by atoms with Gasteiger partial charge in [-0.2, -0.15) is 0 Å². The number of phenolic OH excluding ortho intramolecular Hbond substituents is 1. The van der Waals surface area contributed by atoms with Gasteiger partial charge in [-0.1, -0.05) is 56.4 Å². The van der Waals surface area contributed by atoms with Gasteiger partial charge < -0.3 is 10.1 Å². The van der Waals surface area contributed by atoms with Gasteiger partial charge in [0, 0.05) is 5.41 Å². The summed E-state index contributed by atoms with van der Waals surface area (Å²) in [4.78, 5) is 18.5. The average molecular weight is 336 g/mol. The minimum absolute atomic E-state index is 0.00575. The van der Waals surface area contributed by atoms with Crippen LogP contribution in [0.5, 0.6) is 5.75 Å². The predicted molar refractivity (Wildman–Crippen MR) is 105 cm³/mol. The molecule has 4 heteroatoms. The Morgan fingerprint density at radius 3 is 2.68 bits per heavy atom. The van der Waals surface area contributed by atoms with Crippen molar-refractivity contribution in [2.24, 2.45) is 5.41 Å². The molecule has 2 aromatic rings. The molecule has 1 heterocycles. The molecule has 0 fully saturated rings. The van der Waals surface area contributed by atoms with E-state index in [9.17, 15) is 9.90 Å². The Kier molecular flexibility index (Phi) is 5.42. The van der Waals surface area contributed by atoms with Gasteiger partial charge in [0.1, 0.15) is 11.3 Å². The van der Waals surface area contributed by atoms with Gasteiger partial charge in [0.25, 0.3) is 5.56 Å². The molecule has 0 spiro atoms. The lowest BCUT2D eigenvalue weighted by Crippen LogP contribution is -2.09. The SMILES string of the molecule is C=C(C)C1(C)C=CC=C(c2cc(O)c3nc[nH]c(=O)c3c2)C=C1.CC. The number of benzene rings is 1. The quantitative estimate of drug-likeness (QED) is 0.778. The molecule has 1 unspecified atom stereocenters. The van der Waals surface area contributed by atoms with E-state index in [4.69, 9.17) is 0 Å². The highest BCUT2D eigenvalue weighted by Gasteiger charge is 2.19. The summed E-state index contributed by atoms with van der Waals surface area (Å²) in [5.41, 5.74) is 2.54. The van der Waals surface area contributed by atoms with Crippen LogP contribution in [0.25, 0.3) is 16.5 Å². The lowest BCUT2D eigenvalue weighted by molar-refractivity contribution is 0.480. The highest BCUT2D eigenvalue weighted by molar-refractivity contribution is 5.89. The third kappa shape index (κ3) is 3.63. The van der Waals surface area contributed by atoms with Crippen molar-refractivity contribution in [3.63, 3.8) is 0 Å². The summed E-state index contributed by atoms with van der Waals surface area (Å²) in [6.07, 6.45) is 11.3. The van der Waals surface area contributed by atoms with Gasteiger partial charge in [0.05, 0.1) is 11.7 Å². The second-order valence-corrected chi connectivity index (χ2v) is 6.00. The molecule has 1 aliphatic carbocycles. The number of hydrogen-bond donors (Lipinski definition) is 2. The van der Waals surface area contributed by atoms with Crippen molar-refractivity contribution in [2.75, 3.05) is 0 Å². The largest absolute Gasteiger partial charge is 0.506 e. The Bertz CT molecular complexity index is 948. The number of nitrogens with zero attached hydrogens (tertiary/aromatic N) is 1. The summed E-state index contributed by atoms with van der Waals surface area (Å²) in [5.74, 6) is -0.00575. The van der Waals surface area contributed by atoms with E-state index in [1.807, 2.05) is 39.0 Å². The third-order valence-electron chi connectivity index (χ3n) is 4.30. The van der Waals surface area contributed by atoms with Gasteiger partial charge in [0.15, 0.2) is 0 Å². The number of phenols is 1. The first-order chi connectivity index (χ1) is 11.9. The fourth-order valence-electron chi connectivity index (χ4n) is 2.53. The molecule has 1 atom stereocenters. The number of aromatic hydroxyl groups is 1. The van der Waals surface area contributed by atoms with Crippen molar-refractivity contribution in [1.82, 2.24) is 9.97 Å². The van der Waals surface area contributed by atoms with E-state index in [1.54, 1.807) is 12.1 Å². The fourth-order valence-corrected chi connectivity index (χ4v) is 2.53. The van der Waals surface area contributed by atoms with Gasteiger partial charge in [-0.05, 0) is 37.1 Å². The Hall–Kier alpha value is -2.88. The number of allylic oxidation sites excluding steroid dienone is 7. The molecular weight excluding hydrogens is 312 g/mol. The smallest absolute Gasteiger partial charge is 0.258 e. The number of aromatic nitrogens is 2. The van der Waals surface area contributed by atoms with E-state index in [-0.39, 0.29) is 16.7 Å². The van der Waals surface area contributed by atoms with E-state index >= 15 is 0 Å². The third-order valence-corrected chi connectivity index (χ3v) is 4.30. The Labute approximate surface area is 147 Å². The molecule has 3 rings (SSSR count). The number of nitrogens with one attached hydrogen (secondary N) is 1. The Morgan fingerprint density at radius 1 is 1.28 bits per heavy atom. The van der Waals surface area contributed by atoms with Crippen LogP contribution in [0.1, 0.15) is 33.3 Å². The van der Waals surface area contributed by atoms with E-state index in [1.165, 1.54) is 6.33 Å². The summed E-state index contributed by atoms with van der Waals surface area (Å²) in [5, 5.41) is 10.5. The van der Waals surface area contributed by atoms with E-state index in [0.29, 0.717) is 10.9 Å². The zero-order chi connectivity index (χ0) is 18.6. The summed E-state index contributed by atoms with van der Waals surface area (Å²) >= 11 is 0. The van der Waals surface area contributed by atoms with Crippen molar-refractivity contribution in [3.05, 3.63) is 76.9 Å². The highest BCUT2D eigenvalue weighted by Crippen LogP contribution is 2.34. The molecule has 0 radical (unpaired) electrons. The van der Waals surface area contributed by atoms with Crippen LogP contribution >= 0.6 is 0 Å². The van der Waals surface area contributed by atoms with Gasteiger partial charge in [-0.25, -0.2) is 4.98 Å². The Balaban J connectivity index is 0.00000109. The summed E-state index contributed by atoms with van der Waals surface area (Å²) in [6.45, 7) is 12.1. The van der Waals surface area contributed by atoms with Crippen molar-refractivity contribution in [2.45, 2.75) is 27.7 Å². The van der Waals surface area contributed by atoms with Gasteiger partial charge >= 0.3 is 0 Å². The van der Waals surface area contributed by atoms with Crippen LogP contribution in [-0.4, -0.2) is 15.1 Å². The van der Waals surface area contributed by atoms with Crippen LogP contribution < -0.4 is 5.56 Å². The second kappa shape index (κ2) is 7.34. The molecule has 0 amide bonds. The van der Waals surface area contributed by atoms with Crippen molar-refractivity contribution in [1.29, 1.82) is 0 Å². The van der Waals surface area contributed by atoms with Crippen molar-refractivity contribution >= 4 is 16.5 Å². The molecular formula is C21H24N2O2. The van der Waals surface area contributed by atoms with Crippen LogP contribution in [0.2, 0.25) is 0 Å². The number of fused-ring (bicyclic) bond motifs is 1. The van der Waals surface area contributed by atoms with Gasteiger partial charge in [-0.3, -0.25) is 4.79 Å². The van der Waals surface area contributed by atoms with E-state index in [2.05, 4.69) is 35.6 Å². The van der Waals surface area contributed by atoms with Crippen LogP contribution in [0, 0.1) is 5.41 Å².